The van der Waals surface area contributed by atoms with Crippen molar-refractivity contribution >= 4 is 46.0 Å². The van der Waals surface area contributed by atoms with Crippen molar-refractivity contribution in [2.45, 2.75) is 23.3 Å². The van der Waals surface area contributed by atoms with Gasteiger partial charge in [-0.2, -0.15) is 0 Å². The van der Waals surface area contributed by atoms with E-state index in [0.29, 0.717) is 10.6 Å². The predicted octanol–water partition coefficient (Wildman–Crippen LogP) is 6.41. The highest BCUT2D eigenvalue weighted by atomic mass is 35.5. The molecule has 3 aromatic carbocycles. The molecule has 0 aliphatic carbocycles. The number of para-hydroxylation sites is 1. The molecule has 5 nitrogen and oxygen atoms in total. The second-order valence-corrected chi connectivity index (χ2v) is 9.91. The number of hydrogen-bond donors (Lipinski definition) is 2. The third-order valence-electron chi connectivity index (χ3n) is 6.38. The van der Waals surface area contributed by atoms with Crippen LogP contribution in [0.5, 0.6) is 0 Å². The zero-order valence-corrected chi connectivity index (χ0v) is 20.6. The van der Waals surface area contributed by atoms with Crippen LogP contribution in [0.3, 0.4) is 0 Å². The summed E-state index contributed by atoms with van der Waals surface area (Å²) >= 11 is 7.42. The van der Waals surface area contributed by atoms with Crippen molar-refractivity contribution in [3.05, 3.63) is 101 Å². The van der Waals surface area contributed by atoms with E-state index < -0.39 is 28.7 Å². The van der Waals surface area contributed by atoms with Crippen LogP contribution in [-0.4, -0.2) is 34.0 Å². The summed E-state index contributed by atoms with van der Waals surface area (Å²) in [5, 5.41) is 12.5. The van der Waals surface area contributed by atoms with Crippen molar-refractivity contribution < 1.29 is 18.7 Å². The van der Waals surface area contributed by atoms with Gasteiger partial charge in [0.2, 0.25) is 0 Å². The number of nitrogens with zero attached hydrogens (tertiary/aromatic N) is 2. The van der Waals surface area contributed by atoms with E-state index in [2.05, 4.69) is 9.71 Å². The van der Waals surface area contributed by atoms with Gasteiger partial charge in [0.05, 0.1) is 21.7 Å². The topological polar surface area (TPSA) is 65.5 Å². The van der Waals surface area contributed by atoms with E-state index in [1.165, 1.54) is 16.8 Å². The van der Waals surface area contributed by atoms with Gasteiger partial charge in [-0.25, -0.2) is 8.78 Å². The van der Waals surface area contributed by atoms with Crippen molar-refractivity contribution in [3.63, 3.8) is 0 Å². The van der Waals surface area contributed by atoms with Crippen molar-refractivity contribution in [1.29, 1.82) is 0 Å². The molecule has 5 rings (SSSR count). The summed E-state index contributed by atoms with van der Waals surface area (Å²) in [6.07, 6.45) is 2.10. The quantitative estimate of drug-likeness (QED) is 0.295. The summed E-state index contributed by atoms with van der Waals surface area (Å²) in [5.41, 5.74) is -0.266. The molecule has 1 saturated heterocycles. The maximum Gasteiger partial charge on any atom is 0.259 e. The Morgan fingerprint density at radius 2 is 1.72 bits per heavy atom. The van der Waals surface area contributed by atoms with Crippen molar-refractivity contribution in [2.24, 2.45) is 0 Å². The fourth-order valence-corrected chi connectivity index (χ4v) is 5.53. The molecule has 0 unspecified atom stereocenters. The number of halogens is 3. The average Bonchev–Trinajstić information content (AvgIpc) is 2.87. The average molecular weight is 526 g/mol. The van der Waals surface area contributed by atoms with Crippen LogP contribution in [-0.2, 0) is 5.60 Å². The zero-order chi connectivity index (χ0) is 25.3. The van der Waals surface area contributed by atoms with Crippen LogP contribution in [0.2, 0.25) is 5.02 Å². The third kappa shape index (κ3) is 4.76. The van der Waals surface area contributed by atoms with Gasteiger partial charge in [0.1, 0.15) is 17.2 Å². The number of likely N-dealkylation sites (tertiary alicyclic amines) is 1. The van der Waals surface area contributed by atoms with E-state index in [1.54, 1.807) is 30.5 Å². The van der Waals surface area contributed by atoms with E-state index in [1.807, 2.05) is 30.3 Å². The number of aromatic nitrogens is 1. The standard InChI is InChI=1S/C27H22ClF2N3O2S/c28-20-8-2-1-7-19(20)27(35)10-13-33(14-11-27)26(34)24-21(29)15-18(16-22(24)30)32-36-23-9-3-5-17-6-4-12-31-25(17)23/h1-9,12,15-16,32,35H,10-11,13-14H2. The first kappa shape index (κ1) is 24.5. The number of piperidine rings is 1. The molecule has 184 valence electrons. The normalized spacial score (nSPS) is 15.2. The number of carbonyl (C=O) groups excluding carboxylic acids is 1. The first-order valence-electron chi connectivity index (χ1n) is 11.4. The lowest BCUT2D eigenvalue weighted by molar-refractivity contribution is -0.0212. The molecule has 0 spiro atoms. The Balaban J connectivity index is 1.29. The maximum absolute atomic E-state index is 14.9. The molecule has 1 aliphatic rings. The second-order valence-electron chi connectivity index (χ2n) is 8.65. The van der Waals surface area contributed by atoms with Gasteiger partial charge < -0.3 is 14.7 Å². The first-order chi connectivity index (χ1) is 17.4. The molecule has 9 heteroatoms. The van der Waals surface area contributed by atoms with Gasteiger partial charge in [0.25, 0.3) is 5.91 Å². The Kier molecular flexibility index (Phi) is 6.83. The number of hydrogen-bond acceptors (Lipinski definition) is 5. The fraction of sp³-hybridized carbons (Fsp3) is 0.185. The lowest BCUT2D eigenvalue weighted by Crippen LogP contribution is -2.45. The van der Waals surface area contributed by atoms with Crippen LogP contribution < -0.4 is 4.72 Å². The largest absolute Gasteiger partial charge is 0.385 e. The Morgan fingerprint density at radius 1 is 1.03 bits per heavy atom. The van der Waals surface area contributed by atoms with Gasteiger partial charge in [-0.1, -0.05) is 48.0 Å². The molecule has 36 heavy (non-hydrogen) atoms. The molecule has 1 aromatic heterocycles. The minimum absolute atomic E-state index is 0.142. The first-order valence-corrected chi connectivity index (χ1v) is 12.6. The number of benzene rings is 3. The SMILES string of the molecule is O=C(c1c(F)cc(NSc2cccc3cccnc23)cc1F)N1CCC(O)(c2ccccc2Cl)CC1. The van der Waals surface area contributed by atoms with E-state index in [0.717, 1.165) is 27.9 Å². The summed E-state index contributed by atoms with van der Waals surface area (Å²) in [7, 11) is 0. The number of aliphatic hydroxyl groups is 1. The second kappa shape index (κ2) is 10.0. The summed E-state index contributed by atoms with van der Waals surface area (Å²) in [6, 6.07) is 18.6. The summed E-state index contributed by atoms with van der Waals surface area (Å²) < 4.78 is 32.8. The highest BCUT2D eigenvalue weighted by molar-refractivity contribution is 8.00. The van der Waals surface area contributed by atoms with E-state index in [-0.39, 0.29) is 31.6 Å². The molecule has 1 aliphatic heterocycles. The van der Waals surface area contributed by atoms with Gasteiger partial charge in [-0.05, 0) is 55.1 Å². The monoisotopic (exact) mass is 525 g/mol. The minimum Gasteiger partial charge on any atom is -0.385 e. The number of nitrogens with one attached hydrogen (secondary N) is 1. The highest BCUT2D eigenvalue weighted by Gasteiger charge is 2.38. The maximum atomic E-state index is 14.9. The van der Waals surface area contributed by atoms with Crippen LogP contribution in [0.15, 0.2) is 77.8 Å². The number of carbonyl (C=O) groups is 1. The number of fused-ring (bicyclic) bond motifs is 1. The van der Waals surface area contributed by atoms with Gasteiger partial charge in [-0.3, -0.25) is 9.78 Å². The van der Waals surface area contributed by atoms with Gasteiger partial charge in [0, 0.05) is 35.3 Å². The van der Waals surface area contributed by atoms with Crippen LogP contribution in [0.1, 0.15) is 28.8 Å². The number of pyridine rings is 1. The molecule has 1 fully saturated rings. The van der Waals surface area contributed by atoms with Crippen molar-refractivity contribution in [3.8, 4) is 0 Å². The van der Waals surface area contributed by atoms with Gasteiger partial charge in [0.15, 0.2) is 0 Å². The molecule has 0 atom stereocenters. The third-order valence-corrected chi connectivity index (χ3v) is 7.60. The van der Waals surface area contributed by atoms with Crippen LogP contribution in [0.4, 0.5) is 14.5 Å². The lowest BCUT2D eigenvalue weighted by Gasteiger charge is -2.39. The zero-order valence-electron chi connectivity index (χ0n) is 19.0. The van der Waals surface area contributed by atoms with Gasteiger partial charge >= 0.3 is 0 Å². The van der Waals surface area contributed by atoms with E-state index in [9.17, 15) is 18.7 Å². The predicted molar refractivity (Wildman–Crippen MR) is 138 cm³/mol. The van der Waals surface area contributed by atoms with Crippen LogP contribution in [0, 0.1) is 11.6 Å². The highest BCUT2D eigenvalue weighted by Crippen LogP contribution is 2.37. The molecular formula is C27H22ClF2N3O2S. The van der Waals surface area contributed by atoms with Crippen LogP contribution >= 0.6 is 23.5 Å². The van der Waals surface area contributed by atoms with Gasteiger partial charge in [-0.15, -0.1) is 0 Å². The molecule has 2 heterocycles. The molecule has 2 N–H and O–H groups in total. The molecule has 0 saturated carbocycles. The van der Waals surface area contributed by atoms with E-state index in [4.69, 9.17) is 11.6 Å². The van der Waals surface area contributed by atoms with E-state index >= 15 is 0 Å². The number of amides is 1. The fourth-order valence-electron chi connectivity index (χ4n) is 4.45. The minimum atomic E-state index is -1.20. The summed E-state index contributed by atoms with van der Waals surface area (Å²) in [6.45, 7) is 0.284. The Morgan fingerprint density at radius 3 is 2.44 bits per heavy atom. The van der Waals surface area contributed by atoms with Crippen LogP contribution in [0.25, 0.3) is 10.9 Å². The Labute approximate surface area is 216 Å². The van der Waals surface area contributed by atoms with Crippen molar-refractivity contribution in [2.75, 3.05) is 17.8 Å². The molecule has 0 radical (unpaired) electrons. The summed E-state index contributed by atoms with van der Waals surface area (Å²) in [4.78, 5) is 19.5. The Bertz CT molecular complexity index is 1420. The molecule has 1 amide bonds. The number of anilines is 1. The lowest BCUT2D eigenvalue weighted by atomic mass is 9.84. The molecule has 4 aromatic rings. The molecular weight excluding hydrogens is 504 g/mol. The number of rotatable bonds is 5. The Hall–Kier alpha value is -3.20. The molecule has 0 bridgehead atoms. The summed E-state index contributed by atoms with van der Waals surface area (Å²) in [5.74, 6) is -2.65. The smallest absolute Gasteiger partial charge is 0.259 e. The van der Waals surface area contributed by atoms with Crippen molar-refractivity contribution in [1.82, 2.24) is 9.88 Å².